The second-order valence-electron chi connectivity index (χ2n) is 20.6. The molecule has 69 heavy (non-hydrogen) atoms. The van der Waals surface area contributed by atoms with Gasteiger partial charge in [0, 0.05) is 44.2 Å². The Bertz CT molecular complexity index is 3750. The third-order valence-electron chi connectivity index (χ3n) is 15.8. The molecule has 3 aliphatic carbocycles. The summed E-state index contributed by atoms with van der Waals surface area (Å²) in [7, 11) is 0. The third kappa shape index (κ3) is 6.39. The molecule has 332 valence electrons. The van der Waals surface area contributed by atoms with Gasteiger partial charge in [-0.25, -0.2) is 0 Å². The first-order valence-corrected chi connectivity index (χ1v) is 24.7. The van der Waals surface area contributed by atoms with Crippen molar-refractivity contribution in [2.24, 2.45) is 5.92 Å². The number of para-hydroxylation sites is 2. The monoisotopic (exact) mass is 886 g/mol. The van der Waals surface area contributed by atoms with Crippen LogP contribution in [0.25, 0.3) is 77.6 Å². The molecule has 0 amide bonds. The van der Waals surface area contributed by atoms with E-state index in [0.29, 0.717) is 5.92 Å². The molecule has 0 saturated carbocycles. The number of fused-ring (bicyclic) bond motifs is 9. The van der Waals surface area contributed by atoms with E-state index in [9.17, 15) is 0 Å². The fourth-order valence-corrected chi connectivity index (χ4v) is 12.1. The first-order valence-electron chi connectivity index (χ1n) is 24.7. The molecule has 10 aromatic rings. The van der Waals surface area contributed by atoms with Crippen LogP contribution < -0.4 is 4.90 Å². The summed E-state index contributed by atoms with van der Waals surface area (Å²) in [5.41, 5.74) is 25.1. The van der Waals surface area contributed by atoms with Gasteiger partial charge in [0.05, 0.1) is 16.7 Å². The highest BCUT2D eigenvalue weighted by molar-refractivity contribution is 6.10. The molecular weight excluding hydrogens is 833 g/mol. The van der Waals surface area contributed by atoms with Gasteiger partial charge in [0.25, 0.3) is 0 Å². The first kappa shape index (κ1) is 41.3. The Morgan fingerprint density at radius 1 is 0.449 bits per heavy atom. The van der Waals surface area contributed by atoms with Crippen LogP contribution in [0.15, 0.2) is 218 Å². The van der Waals surface area contributed by atoms with Crippen molar-refractivity contribution in [1.29, 1.82) is 0 Å². The Labute approximate surface area is 406 Å². The Morgan fingerprint density at radius 2 is 1.04 bits per heavy atom. The molecule has 0 spiro atoms. The zero-order chi connectivity index (χ0) is 46.6. The van der Waals surface area contributed by atoms with Gasteiger partial charge in [-0.05, 0) is 151 Å². The van der Waals surface area contributed by atoms with Gasteiger partial charge < -0.3 is 9.47 Å². The fraction of sp³-hybridized carbons (Fsp3) is 0.134. The number of anilines is 3. The van der Waals surface area contributed by atoms with Gasteiger partial charge in [-0.1, -0.05) is 186 Å². The zero-order valence-corrected chi connectivity index (χ0v) is 40.0. The standard InChI is InChI=1S/C67H54N2/c1-43-25-27-44(28-26-43)48-33-39-55-60(42-48)67(4,5)59-22-14-24-63(65(55)59)68(51-37-31-46(32-38-51)52-19-13-21-58-64(52)54-18-9-11-20-57(54)66(58,2)3)50-35-29-45(30-36-50)47-34-40-62-56(41-47)53-17-10-12-23-61(53)69(62)49-15-7-6-8-16-49/h6-25,27-43H,26H2,1-5H3. The van der Waals surface area contributed by atoms with Crippen molar-refractivity contribution < 1.29 is 0 Å². The van der Waals surface area contributed by atoms with E-state index in [-0.39, 0.29) is 10.8 Å². The van der Waals surface area contributed by atoms with Gasteiger partial charge in [-0.15, -0.1) is 0 Å². The quantitative estimate of drug-likeness (QED) is 0.155. The summed E-state index contributed by atoms with van der Waals surface area (Å²) in [5, 5.41) is 2.51. The summed E-state index contributed by atoms with van der Waals surface area (Å²) in [6, 6.07) is 74.9. The highest BCUT2D eigenvalue weighted by atomic mass is 15.1. The van der Waals surface area contributed by atoms with Crippen LogP contribution in [0, 0.1) is 5.92 Å². The number of hydrogen-bond donors (Lipinski definition) is 0. The molecule has 2 heteroatoms. The van der Waals surface area contributed by atoms with Crippen LogP contribution in [0.2, 0.25) is 0 Å². The number of allylic oxidation sites excluding steroid dienone is 4. The molecule has 0 aliphatic heterocycles. The molecule has 0 fully saturated rings. The Balaban J connectivity index is 0.943. The van der Waals surface area contributed by atoms with Gasteiger partial charge in [0.1, 0.15) is 0 Å². The van der Waals surface area contributed by atoms with Crippen LogP contribution in [0.3, 0.4) is 0 Å². The summed E-state index contributed by atoms with van der Waals surface area (Å²) in [5.74, 6) is 0.578. The van der Waals surface area contributed by atoms with Gasteiger partial charge in [0.2, 0.25) is 0 Å². The molecule has 2 nitrogen and oxygen atoms in total. The lowest BCUT2D eigenvalue weighted by molar-refractivity contribution is 0.660. The molecular formula is C67H54N2. The summed E-state index contributed by atoms with van der Waals surface area (Å²) < 4.78 is 2.38. The van der Waals surface area contributed by atoms with E-state index in [2.05, 4.69) is 263 Å². The number of nitrogens with zero attached hydrogens (tertiary/aromatic N) is 2. The molecule has 0 N–H and O–H groups in total. The Kier molecular flexibility index (Phi) is 9.30. The molecule has 1 heterocycles. The van der Waals surface area contributed by atoms with Crippen molar-refractivity contribution >= 4 is 44.4 Å². The fourth-order valence-electron chi connectivity index (χ4n) is 12.1. The highest BCUT2D eigenvalue weighted by Gasteiger charge is 2.39. The minimum atomic E-state index is -0.178. The molecule has 0 radical (unpaired) electrons. The second kappa shape index (κ2) is 15.6. The largest absolute Gasteiger partial charge is 0.310 e. The average molecular weight is 887 g/mol. The van der Waals surface area contributed by atoms with E-state index >= 15 is 0 Å². The van der Waals surface area contributed by atoms with Gasteiger partial charge >= 0.3 is 0 Å². The number of rotatable bonds is 7. The Hall–Kier alpha value is -7.94. The van der Waals surface area contributed by atoms with Gasteiger partial charge in [-0.3, -0.25) is 0 Å². The van der Waals surface area contributed by atoms with Crippen LogP contribution in [0.5, 0.6) is 0 Å². The maximum absolute atomic E-state index is 2.49. The van der Waals surface area contributed by atoms with Crippen molar-refractivity contribution in [1.82, 2.24) is 4.57 Å². The summed E-state index contributed by atoms with van der Waals surface area (Å²) in [4.78, 5) is 2.49. The van der Waals surface area contributed by atoms with Crippen LogP contribution >= 0.6 is 0 Å². The molecule has 1 unspecified atom stereocenters. The van der Waals surface area contributed by atoms with E-state index in [0.717, 1.165) is 17.8 Å². The molecule has 1 aromatic heterocycles. The smallest absolute Gasteiger partial charge is 0.0543 e. The van der Waals surface area contributed by atoms with Crippen molar-refractivity contribution in [2.75, 3.05) is 4.90 Å². The van der Waals surface area contributed by atoms with Crippen molar-refractivity contribution in [3.05, 3.63) is 246 Å². The maximum Gasteiger partial charge on any atom is 0.0543 e. The molecule has 13 rings (SSSR count). The predicted octanol–water partition coefficient (Wildman–Crippen LogP) is 18.2. The van der Waals surface area contributed by atoms with Crippen LogP contribution in [0.4, 0.5) is 17.1 Å². The molecule has 1 atom stereocenters. The van der Waals surface area contributed by atoms with Crippen LogP contribution in [-0.4, -0.2) is 4.57 Å². The third-order valence-corrected chi connectivity index (χ3v) is 15.8. The minimum Gasteiger partial charge on any atom is -0.310 e. The lowest BCUT2D eigenvalue weighted by Gasteiger charge is -2.29. The predicted molar refractivity (Wildman–Crippen MR) is 292 cm³/mol. The summed E-state index contributed by atoms with van der Waals surface area (Å²) in [6.45, 7) is 11.8. The lowest BCUT2D eigenvalue weighted by atomic mass is 9.81. The molecule has 0 bridgehead atoms. The highest BCUT2D eigenvalue weighted by Crippen LogP contribution is 2.56. The Morgan fingerprint density at radius 3 is 1.81 bits per heavy atom. The number of hydrogen-bond acceptors (Lipinski definition) is 1. The van der Waals surface area contributed by atoms with Gasteiger partial charge in [-0.2, -0.15) is 0 Å². The second-order valence-corrected chi connectivity index (χ2v) is 20.6. The normalized spacial score (nSPS) is 16.0. The SMILES string of the molecule is CC1C=CC(c2ccc3c(c2)C(C)(C)c2cccc(N(c4ccc(-c5ccc6c(c5)c5ccccc5n6-c5ccccc5)cc4)c4ccc(-c5cccc6c5-c5ccccc5C6(C)C)cc4)c2-3)=CC1. The van der Waals surface area contributed by atoms with E-state index in [1.807, 2.05) is 0 Å². The summed E-state index contributed by atoms with van der Waals surface area (Å²) in [6.07, 6.45) is 8.15. The van der Waals surface area contributed by atoms with Crippen LogP contribution in [-0.2, 0) is 10.8 Å². The topological polar surface area (TPSA) is 8.17 Å². The summed E-state index contributed by atoms with van der Waals surface area (Å²) >= 11 is 0. The van der Waals surface area contributed by atoms with Crippen LogP contribution in [0.1, 0.15) is 68.9 Å². The molecule has 9 aromatic carbocycles. The van der Waals surface area contributed by atoms with Crippen molar-refractivity contribution in [2.45, 2.75) is 51.9 Å². The van der Waals surface area contributed by atoms with Gasteiger partial charge in [0.15, 0.2) is 0 Å². The number of aromatic nitrogens is 1. The average Bonchev–Trinajstić information content (AvgIpc) is 3.94. The maximum atomic E-state index is 2.49. The minimum absolute atomic E-state index is 0.0568. The van der Waals surface area contributed by atoms with E-state index in [1.165, 1.54) is 111 Å². The number of benzene rings is 9. The first-order chi connectivity index (χ1) is 33.6. The van der Waals surface area contributed by atoms with Crippen molar-refractivity contribution in [3.8, 4) is 50.2 Å². The molecule has 0 saturated heterocycles. The van der Waals surface area contributed by atoms with E-state index in [1.54, 1.807) is 0 Å². The van der Waals surface area contributed by atoms with E-state index < -0.39 is 0 Å². The van der Waals surface area contributed by atoms with E-state index in [4.69, 9.17) is 0 Å². The molecule has 3 aliphatic rings. The lowest BCUT2D eigenvalue weighted by Crippen LogP contribution is -2.16. The zero-order valence-electron chi connectivity index (χ0n) is 40.0. The van der Waals surface area contributed by atoms with Crippen molar-refractivity contribution in [3.63, 3.8) is 0 Å².